The predicted octanol–water partition coefficient (Wildman–Crippen LogP) is 2.48. The van der Waals surface area contributed by atoms with E-state index in [1.165, 1.54) is 12.8 Å². The highest BCUT2D eigenvalue weighted by atomic mass is 79.9. The lowest BCUT2D eigenvalue weighted by Crippen LogP contribution is -2.47. The first-order chi connectivity index (χ1) is 6.79. The second-order valence-electron chi connectivity index (χ2n) is 3.76. The van der Waals surface area contributed by atoms with E-state index in [9.17, 15) is 0 Å². The van der Waals surface area contributed by atoms with Crippen molar-refractivity contribution in [3.05, 3.63) is 17.0 Å². The lowest BCUT2D eigenvalue weighted by atomic mass is 9.95. The molecule has 0 unspecified atom stereocenters. The number of rotatable bonds is 3. The SMILES string of the molecule is CCCC1CN(c2cnc(Br)cn2)C1. The zero-order valence-electron chi connectivity index (χ0n) is 8.28. The fourth-order valence-electron chi connectivity index (χ4n) is 1.82. The molecule has 1 saturated heterocycles. The molecule has 1 aliphatic heterocycles. The molecule has 0 saturated carbocycles. The van der Waals surface area contributed by atoms with Gasteiger partial charge in [0, 0.05) is 13.1 Å². The van der Waals surface area contributed by atoms with Crippen LogP contribution in [0.3, 0.4) is 0 Å². The van der Waals surface area contributed by atoms with Crippen molar-refractivity contribution >= 4 is 21.7 Å². The third kappa shape index (κ3) is 2.05. The van der Waals surface area contributed by atoms with Crippen LogP contribution < -0.4 is 4.90 Å². The van der Waals surface area contributed by atoms with Crippen LogP contribution in [0.25, 0.3) is 0 Å². The Kier molecular flexibility index (Phi) is 3.01. The van der Waals surface area contributed by atoms with Gasteiger partial charge in [0.1, 0.15) is 10.4 Å². The molecule has 0 bridgehead atoms. The Morgan fingerprint density at radius 2 is 2.21 bits per heavy atom. The highest BCUT2D eigenvalue weighted by molar-refractivity contribution is 9.10. The molecule has 1 fully saturated rings. The molecular weight excluding hydrogens is 242 g/mol. The topological polar surface area (TPSA) is 29.0 Å². The molecule has 1 aliphatic rings. The predicted molar refractivity (Wildman–Crippen MR) is 60.3 cm³/mol. The Hall–Kier alpha value is -0.640. The van der Waals surface area contributed by atoms with Crippen molar-refractivity contribution < 1.29 is 0 Å². The van der Waals surface area contributed by atoms with Crippen molar-refractivity contribution in [1.29, 1.82) is 0 Å². The highest BCUT2D eigenvalue weighted by Crippen LogP contribution is 2.25. The minimum absolute atomic E-state index is 0.798. The molecule has 2 rings (SSSR count). The van der Waals surface area contributed by atoms with Gasteiger partial charge in [-0.3, -0.25) is 0 Å². The van der Waals surface area contributed by atoms with Crippen molar-refractivity contribution in [1.82, 2.24) is 9.97 Å². The summed E-state index contributed by atoms with van der Waals surface area (Å²) in [5, 5.41) is 0. The summed E-state index contributed by atoms with van der Waals surface area (Å²) in [6.45, 7) is 4.52. The molecule has 3 nitrogen and oxygen atoms in total. The molecule has 0 aromatic carbocycles. The molecule has 1 aromatic heterocycles. The Morgan fingerprint density at radius 3 is 2.79 bits per heavy atom. The molecule has 14 heavy (non-hydrogen) atoms. The van der Waals surface area contributed by atoms with Gasteiger partial charge in [-0.2, -0.15) is 0 Å². The molecule has 4 heteroatoms. The van der Waals surface area contributed by atoms with E-state index in [1.807, 2.05) is 6.20 Å². The lowest BCUT2D eigenvalue weighted by Gasteiger charge is -2.39. The number of anilines is 1. The molecule has 76 valence electrons. The molecule has 0 atom stereocenters. The van der Waals surface area contributed by atoms with E-state index in [4.69, 9.17) is 0 Å². The van der Waals surface area contributed by atoms with Crippen LogP contribution in [0.2, 0.25) is 0 Å². The molecule has 0 N–H and O–H groups in total. The van der Waals surface area contributed by atoms with Crippen LogP contribution in [0.4, 0.5) is 5.82 Å². The maximum absolute atomic E-state index is 4.31. The maximum Gasteiger partial charge on any atom is 0.147 e. The maximum atomic E-state index is 4.31. The standard InChI is InChI=1S/C10H14BrN3/c1-2-3-8-6-14(7-8)10-5-12-9(11)4-13-10/h4-5,8H,2-3,6-7H2,1H3. The van der Waals surface area contributed by atoms with E-state index in [2.05, 4.69) is 37.7 Å². The fraction of sp³-hybridized carbons (Fsp3) is 0.600. The Morgan fingerprint density at radius 1 is 1.43 bits per heavy atom. The second-order valence-corrected chi connectivity index (χ2v) is 4.57. The summed E-state index contributed by atoms with van der Waals surface area (Å²) >= 11 is 3.28. The quantitative estimate of drug-likeness (QED) is 0.831. The Labute approximate surface area is 92.7 Å². The van der Waals surface area contributed by atoms with Gasteiger partial charge >= 0.3 is 0 Å². The molecular formula is C10H14BrN3. The minimum atomic E-state index is 0.798. The van der Waals surface area contributed by atoms with E-state index in [0.29, 0.717) is 0 Å². The van der Waals surface area contributed by atoms with Gasteiger partial charge < -0.3 is 4.90 Å². The number of hydrogen-bond acceptors (Lipinski definition) is 3. The average molecular weight is 256 g/mol. The van der Waals surface area contributed by atoms with Gasteiger partial charge in [0.15, 0.2) is 0 Å². The van der Waals surface area contributed by atoms with Crippen LogP contribution in [0.15, 0.2) is 17.0 Å². The molecule has 0 radical (unpaired) electrons. The third-order valence-corrected chi connectivity index (χ3v) is 2.99. The van der Waals surface area contributed by atoms with E-state index in [1.54, 1.807) is 6.20 Å². The summed E-state index contributed by atoms with van der Waals surface area (Å²) in [6, 6.07) is 0. The molecule has 1 aromatic rings. The summed E-state index contributed by atoms with van der Waals surface area (Å²) < 4.78 is 0.798. The van der Waals surface area contributed by atoms with Gasteiger partial charge in [-0.15, -0.1) is 0 Å². The zero-order valence-corrected chi connectivity index (χ0v) is 9.87. The van der Waals surface area contributed by atoms with Crippen LogP contribution >= 0.6 is 15.9 Å². The van der Waals surface area contributed by atoms with Crippen molar-refractivity contribution in [2.24, 2.45) is 5.92 Å². The summed E-state index contributed by atoms with van der Waals surface area (Å²) in [6.07, 6.45) is 6.19. The number of aromatic nitrogens is 2. The van der Waals surface area contributed by atoms with E-state index >= 15 is 0 Å². The van der Waals surface area contributed by atoms with Crippen LogP contribution in [0.1, 0.15) is 19.8 Å². The average Bonchev–Trinajstić information content (AvgIpc) is 2.13. The van der Waals surface area contributed by atoms with Gasteiger partial charge in [0.05, 0.1) is 12.4 Å². The van der Waals surface area contributed by atoms with Crippen molar-refractivity contribution in [2.75, 3.05) is 18.0 Å². The number of nitrogens with zero attached hydrogens (tertiary/aromatic N) is 3. The van der Waals surface area contributed by atoms with E-state index in [0.717, 1.165) is 29.4 Å². The number of halogens is 1. The normalized spacial score (nSPS) is 16.9. The summed E-state index contributed by atoms with van der Waals surface area (Å²) in [7, 11) is 0. The van der Waals surface area contributed by atoms with Gasteiger partial charge in [0.2, 0.25) is 0 Å². The molecule has 0 amide bonds. The summed E-state index contributed by atoms with van der Waals surface area (Å²) in [5.74, 6) is 1.87. The minimum Gasteiger partial charge on any atom is -0.355 e. The van der Waals surface area contributed by atoms with Crippen molar-refractivity contribution in [2.45, 2.75) is 19.8 Å². The van der Waals surface area contributed by atoms with Crippen molar-refractivity contribution in [3.8, 4) is 0 Å². The summed E-state index contributed by atoms with van der Waals surface area (Å²) in [5.41, 5.74) is 0. The first kappa shape index (κ1) is 9.90. The van der Waals surface area contributed by atoms with E-state index in [-0.39, 0.29) is 0 Å². The smallest absolute Gasteiger partial charge is 0.147 e. The molecule has 0 spiro atoms. The third-order valence-electron chi connectivity index (χ3n) is 2.58. The molecule has 2 heterocycles. The summed E-state index contributed by atoms with van der Waals surface area (Å²) in [4.78, 5) is 10.8. The van der Waals surface area contributed by atoms with Crippen LogP contribution in [0.5, 0.6) is 0 Å². The fourth-order valence-corrected chi connectivity index (χ4v) is 2.02. The van der Waals surface area contributed by atoms with Crippen molar-refractivity contribution in [3.63, 3.8) is 0 Å². The number of hydrogen-bond donors (Lipinski definition) is 0. The van der Waals surface area contributed by atoms with Gasteiger partial charge in [-0.05, 0) is 28.3 Å². The van der Waals surface area contributed by atoms with Crippen LogP contribution in [-0.2, 0) is 0 Å². The van der Waals surface area contributed by atoms with Gasteiger partial charge in [-0.1, -0.05) is 13.3 Å². The highest BCUT2D eigenvalue weighted by Gasteiger charge is 2.26. The lowest BCUT2D eigenvalue weighted by molar-refractivity contribution is 0.377. The first-order valence-corrected chi connectivity index (χ1v) is 5.81. The zero-order chi connectivity index (χ0) is 9.97. The second kappa shape index (κ2) is 4.26. The Bertz CT molecular complexity index is 293. The van der Waals surface area contributed by atoms with Gasteiger partial charge in [0.25, 0.3) is 0 Å². The van der Waals surface area contributed by atoms with E-state index < -0.39 is 0 Å². The Balaban J connectivity index is 1.90. The monoisotopic (exact) mass is 255 g/mol. The molecule has 0 aliphatic carbocycles. The van der Waals surface area contributed by atoms with Crippen LogP contribution in [-0.4, -0.2) is 23.1 Å². The first-order valence-electron chi connectivity index (χ1n) is 5.02. The van der Waals surface area contributed by atoms with Gasteiger partial charge in [-0.25, -0.2) is 9.97 Å². The largest absolute Gasteiger partial charge is 0.355 e. The van der Waals surface area contributed by atoms with Crippen LogP contribution in [0, 0.1) is 5.92 Å².